The van der Waals surface area contributed by atoms with Crippen LogP contribution in [0, 0.1) is 19.8 Å². The molecule has 2 aliphatic rings. The van der Waals surface area contributed by atoms with E-state index in [9.17, 15) is 0 Å². The fourth-order valence-electron chi connectivity index (χ4n) is 5.58. The summed E-state index contributed by atoms with van der Waals surface area (Å²) < 4.78 is 9.65. The van der Waals surface area contributed by atoms with Crippen LogP contribution in [0.5, 0.6) is 0 Å². The fraction of sp³-hybridized carbons (Fsp3) is 0.480. The summed E-state index contributed by atoms with van der Waals surface area (Å²) in [4.78, 5) is 7.46. The lowest BCUT2D eigenvalue weighted by Gasteiger charge is -2.40. The van der Waals surface area contributed by atoms with E-state index in [0.29, 0.717) is 12.0 Å². The molecule has 1 aromatic heterocycles. The zero-order valence-electron chi connectivity index (χ0n) is 18.1. The Balaban J connectivity index is 1.30. The molecule has 0 bridgehead atoms. The average Bonchev–Trinajstić information content (AvgIpc) is 3.26. The summed E-state index contributed by atoms with van der Waals surface area (Å²) in [5.74, 6) is 1.80. The van der Waals surface area contributed by atoms with Gasteiger partial charge in [0.1, 0.15) is 5.82 Å². The molecule has 1 unspecified atom stereocenters. The summed E-state index contributed by atoms with van der Waals surface area (Å²) in [6.07, 6.45) is 3.68. The van der Waals surface area contributed by atoms with Crippen molar-refractivity contribution in [1.82, 2.24) is 14.5 Å². The number of piperidine rings is 1. The molecule has 1 aliphatic heterocycles. The average molecular weight is 468 g/mol. The molecule has 4 nitrogen and oxygen atoms in total. The van der Waals surface area contributed by atoms with Crippen molar-refractivity contribution in [2.75, 3.05) is 26.7 Å². The first-order valence-electron chi connectivity index (χ1n) is 11.0. The van der Waals surface area contributed by atoms with Crippen LogP contribution in [0.4, 0.5) is 0 Å². The van der Waals surface area contributed by atoms with Gasteiger partial charge in [0.15, 0.2) is 0 Å². The van der Waals surface area contributed by atoms with Gasteiger partial charge in [-0.2, -0.15) is 0 Å². The van der Waals surface area contributed by atoms with Gasteiger partial charge in [-0.3, -0.25) is 0 Å². The first-order chi connectivity index (χ1) is 14.5. The van der Waals surface area contributed by atoms with Crippen LogP contribution < -0.4 is 0 Å². The maximum atomic E-state index is 6.03. The molecule has 0 amide bonds. The molecule has 3 aromatic rings. The second-order valence-electron chi connectivity index (χ2n) is 9.10. The number of hydrogen-bond donors (Lipinski definition) is 0. The van der Waals surface area contributed by atoms with Gasteiger partial charge < -0.3 is 14.2 Å². The molecule has 30 heavy (non-hydrogen) atoms. The van der Waals surface area contributed by atoms with Crippen molar-refractivity contribution in [3.63, 3.8) is 0 Å². The molecule has 1 fully saturated rings. The van der Waals surface area contributed by atoms with Crippen LogP contribution >= 0.6 is 15.9 Å². The van der Waals surface area contributed by atoms with Crippen molar-refractivity contribution in [3.05, 3.63) is 63.4 Å². The van der Waals surface area contributed by atoms with Gasteiger partial charge in [-0.25, -0.2) is 4.98 Å². The standard InChI is InChI=1S/C25H30BrN3O/c1-16-4-7-23-22(10-16)27-17(2)29(23)24-8-9-28(15-25(24)30-3)14-18-11-19-5-6-21(26)13-20(19)12-18/h4-7,10,13,18,24-25H,8-9,11-12,14-15H2,1-3H3/t18?,24-,25-/m0/s1. The number of aromatic nitrogens is 2. The molecule has 3 atom stereocenters. The number of rotatable bonds is 4. The Labute approximate surface area is 187 Å². The van der Waals surface area contributed by atoms with Gasteiger partial charge in [-0.15, -0.1) is 0 Å². The number of imidazole rings is 1. The van der Waals surface area contributed by atoms with Crippen molar-refractivity contribution in [1.29, 1.82) is 0 Å². The highest BCUT2D eigenvalue weighted by molar-refractivity contribution is 9.10. The minimum absolute atomic E-state index is 0.189. The van der Waals surface area contributed by atoms with Crippen molar-refractivity contribution in [3.8, 4) is 0 Å². The Kier molecular flexibility index (Phi) is 5.46. The summed E-state index contributed by atoms with van der Waals surface area (Å²) in [6.45, 7) is 7.52. The molecule has 0 spiro atoms. The molecule has 2 aromatic carbocycles. The lowest BCUT2D eigenvalue weighted by Crippen LogP contribution is -2.47. The molecule has 1 saturated heterocycles. The lowest BCUT2D eigenvalue weighted by atomic mass is 9.98. The van der Waals surface area contributed by atoms with E-state index in [1.54, 1.807) is 0 Å². The van der Waals surface area contributed by atoms with Gasteiger partial charge in [0.05, 0.1) is 23.2 Å². The largest absolute Gasteiger partial charge is 0.378 e. The zero-order chi connectivity index (χ0) is 20.8. The SMILES string of the molecule is CO[C@H]1CN(CC2Cc3ccc(Br)cc3C2)CC[C@@H]1n1c(C)nc2cc(C)ccc21. The van der Waals surface area contributed by atoms with Crippen molar-refractivity contribution in [2.24, 2.45) is 5.92 Å². The molecule has 0 N–H and O–H groups in total. The molecule has 0 radical (unpaired) electrons. The van der Waals surface area contributed by atoms with E-state index in [2.05, 4.69) is 75.6 Å². The third kappa shape index (κ3) is 3.72. The van der Waals surface area contributed by atoms with Gasteiger partial charge in [0, 0.05) is 31.2 Å². The number of aryl methyl sites for hydroxylation is 2. The molecule has 0 saturated carbocycles. The maximum absolute atomic E-state index is 6.03. The normalized spacial score (nSPS) is 24.5. The Bertz CT molecular complexity index is 1080. The van der Waals surface area contributed by atoms with Gasteiger partial charge in [-0.1, -0.05) is 28.1 Å². The molecular formula is C25H30BrN3O. The second-order valence-corrected chi connectivity index (χ2v) is 10.0. The molecule has 5 rings (SSSR count). The highest BCUT2D eigenvalue weighted by Crippen LogP contribution is 2.33. The summed E-state index contributed by atoms with van der Waals surface area (Å²) >= 11 is 3.62. The molecule has 5 heteroatoms. The quantitative estimate of drug-likeness (QED) is 0.534. The van der Waals surface area contributed by atoms with E-state index < -0.39 is 0 Å². The maximum Gasteiger partial charge on any atom is 0.107 e. The Hall–Kier alpha value is -1.69. The van der Waals surface area contributed by atoms with Crippen LogP contribution in [0.15, 0.2) is 40.9 Å². The topological polar surface area (TPSA) is 30.3 Å². The minimum atomic E-state index is 0.189. The summed E-state index contributed by atoms with van der Waals surface area (Å²) in [7, 11) is 1.86. The van der Waals surface area contributed by atoms with Crippen LogP contribution in [-0.2, 0) is 17.6 Å². The van der Waals surface area contributed by atoms with E-state index >= 15 is 0 Å². The van der Waals surface area contributed by atoms with Crippen LogP contribution in [0.25, 0.3) is 11.0 Å². The predicted octanol–water partition coefficient (Wildman–Crippen LogP) is 5.09. The van der Waals surface area contributed by atoms with Crippen molar-refractivity contribution in [2.45, 2.75) is 45.3 Å². The fourth-order valence-corrected chi connectivity index (χ4v) is 5.99. The Morgan fingerprint density at radius 1 is 1.10 bits per heavy atom. The third-order valence-corrected chi connectivity index (χ3v) is 7.46. The van der Waals surface area contributed by atoms with Crippen molar-refractivity contribution < 1.29 is 4.74 Å². The number of methoxy groups -OCH3 is 1. The third-order valence-electron chi connectivity index (χ3n) is 6.97. The molecule has 2 heterocycles. The molecular weight excluding hydrogens is 438 g/mol. The van der Waals surface area contributed by atoms with E-state index in [0.717, 1.165) is 37.4 Å². The highest BCUT2D eigenvalue weighted by Gasteiger charge is 2.34. The monoisotopic (exact) mass is 467 g/mol. The lowest BCUT2D eigenvalue weighted by molar-refractivity contribution is -0.00928. The smallest absolute Gasteiger partial charge is 0.107 e. The van der Waals surface area contributed by atoms with E-state index in [-0.39, 0.29) is 6.10 Å². The summed E-state index contributed by atoms with van der Waals surface area (Å²) in [5.41, 5.74) is 6.63. The molecule has 158 valence electrons. The summed E-state index contributed by atoms with van der Waals surface area (Å²) in [6, 6.07) is 13.7. The van der Waals surface area contributed by atoms with Gasteiger partial charge in [-0.05, 0) is 80.0 Å². The Morgan fingerprint density at radius 3 is 2.77 bits per heavy atom. The highest BCUT2D eigenvalue weighted by atomic mass is 79.9. The van der Waals surface area contributed by atoms with Crippen LogP contribution in [-0.4, -0.2) is 47.3 Å². The van der Waals surface area contributed by atoms with Crippen LogP contribution in [0.3, 0.4) is 0 Å². The minimum Gasteiger partial charge on any atom is -0.378 e. The summed E-state index contributed by atoms with van der Waals surface area (Å²) in [5, 5.41) is 0. The predicted molar refractivity (Wildman–Crippen MR) is 125 cm³/mol. The van der Waals surface area contributed by atoms with Gasteiger partial charge in [0.2, 0.25) is 0 Å². The van der Waals surface area contributed by atoms with Gasteiger partial charge >= 0.3 is 0 Å². The van der Waals surface area contributed by atoms with Crippen LogP contribution in [0.1, 0.15) is 35.0 Å². The number of halogens is 1. The number of likely N-dealkylation sites (tertiary alicyclic amines) is 1. The number of nitrogens with zero attached hydrogens (tertiary/aromatic N) is 3. The first-order valence-corrected chi connectivity index (χ1v) is 11.8. The van der Waals surface area contributed by atoms with Crippen molar-refractivity contribution >= 4 is 27.0 Å². The number of fused-ring (bicyclic) bond motifs is 2. The molecule has 1 aliphatic carbocycles. The second kappa shape index (κ2) is 8.10. The van der Waals surface area contributed by atoms with Crippen LogP contribution in [0.2, 0.25) is 0 Å². The zero-order valence-corrected chi connectivity index (χ0v) is 19.7. The number of benzene rings is 2. The Morgan fingerprint density at radius 2 is 1.93 bits per heavy atom. The van der Waals surface area contributed by atoms with E-state index in [1.807, 2.05) is 7.11 Å². The number of hydrogen-bond acceptors (Lipinski definition) is 3. The van der Waals surface area contributed by atoms with Gasteiger partial charge in [0.25, 0.3) is 0 Å². The number of ether oxygens (including phenoxy) is 1. The van der Waals surface area contributed by atoms with E-state index in [4.69, 9.17) is 9.72 Å². The van der Waals surface area contributed by atoms with E-state index in [1.165, 1.54) is 39.5 Å². The first kappa shape index (κ1) is 20.2.